The van der Waals surface area contributed by atoms with Gasteiger partial charge in [-0.3, -0.25) is 9.59 Å². The molecule has 1 aliphatic heterocycles. The molecule has 3 N–H and O–H groups in total. The Hall–Kier alpha value is -1.88. The van der Waals surface area contributed by atoms with E-state index in [2.05, 4.69) is 0 Å². The Bertz CT molecular complexity index is 484. The van der Waals surface area contributed by atoms with Crippen LogP contribution < -0.4 is 5.73 Å². The van der Waals surface area contributed by atoms with E-state index >= 15 is 0 Å². The lowest BCUT2D eigenvalue weighted by Crippen LogP contribution is -2.44. The molecule has 0 aliphatic carbocycles. The van der Waals surface area contributed by atoms with Crippen LogP contribution in [0.4, 0.5) is 0 Å². The van der Waals surface area contributed by atoms with Crippen LogP contribution in [-0.4, -0.2) is 41.0 Å². The van der Waals surface area contributed by atoms with Crippen molar-refractivity contribution < 1.29 is 14.7 Å². The minimum absolute atomic E-state index is 0.0743. The first-order valence-corrected chi connectivity index (χ1v) is 6.36. The summed E-state index contributed by atoms with van der Waals surface area (Å²) in [6.07, 6.45) is 0.271. The second kappa shape index (κ2) is 5.40. The summed E-state index contributed by atoms with van der Waals surface area (Å²) in [6, 6.07) is 6.33. The molecule has 1 aliphatic rings. The van der Waals surface area contributed by atoms with Gasteiger partial charge in [-0.05, 0) is 36.6 Å². The molecule has 0 spiro atoms. The van der Waals surface area contributed by atoms with Crippen molar-refractivity contribution in [1.82, 2.24) is 4.90 Å². The number of carbonyl (C=O) groups excluding carboxylic acids is 2. The molecule has 2 amide bonds. The first-order chi connectivity index (χ1) is 8.99. The topological polar surface area (TPSA) is 83.6 Å². The molecule has 1 aromatic rings. The first-order valence-electron chi connectivity index (χ1n) is 6.36. The summed E-state index contributed by atoms with van der Waals surface area (Å²) in [4.78, 5) is 25.0. The Morgan fingerprint density at radius 1 is 1.26 bits per heavy atom. The SMILES string of the molecule is CC1CN(C(=O)c2ccc(C(N)=O)cc2)CCC1O. The number of benzene rings is 1. The number of aliphatic hydroxyl groups excluding tert-OH is 1. The van der Waals surface area contributed by atoms with Gasteiger partial charge in [0.2, 0.25) is 5.91 Å². The highest BCUT2D eigenvalue weighted by molar-refractivity contribution is 5.97. The molecule has 2 atom stereocenters. The lowest BCUT2D eigenvalue weighted by Gasteiger charge is -2.34. The van der Waals surface area contributed by atoms with E-state index in [4.69, 9.17) is 5.73 Å². The van der Waals surface area contributed by atoms with Gasteiger partial charge in [-0.15, -0.1) is 0 Å². The lowest BCUT2D eigenvalue weighted by atomic mass is 9.96. The Labute approximate surface area is 112 Å². The van der Waals surface area contributed by atoms with Crippen LogP contribution in [-0.2, 0) is 0 Å². The van der Waals surface area contributed by atoms with Crippen molar-refractivity contribution in [1.29, 1.82) is 0 Å². The molecule has 0 saturated carbocycles. The number of aliphatic hydroxyl groups is 1. The number of piperidine rings is 1. The fraction of sp³-hybridized carbons (Fsp3) is 0.429. The quantitative estimate of drug-likeness (QED) is 0.820. The van der Waals surface area contributed by atoms with Crippen LogP contribution in [0, 0.1) is 5.92 Å². The largest absolute Gasteiger partial charge is 0.393 e. The zero-order valence-corrected chi connectivity index (χ0v) is 10.9. The molecule has 2 rings (SSSR count). The predicted octanol–water partition coefficient (Wildman–Crippen LogP) is 0.628. The van der Waals surface area contributed by atoms with Crippen LogP contribution in [0.1, 0.15) is 34.1 Å². The van der Waals surface area contributed by atoms with Crippen molar-refractivity contribution in [3.63, 3.8) is 0 Å². The Morgan fingerprint density at radius 3 is 2.37 bits per heavy atom. The van der Waals surface area contributed by atoms with Gasteiger partial charge in [0.15, 0.2) is 0 Å². The lowest BCUT2D eigenvalue weighted by molar-refractivity contribution is 0.0297. The molecule has 1 saturated heterocycles. The molecule has 1 aromatic carbocycles. The summed E-state index contributed by atoms with van der Waals surface area (Å²) < 4.78 is 0. The third-order valence-electron chi connectivity index (χ3n) is 3.56. The summed E-state index contributed by atoms with van der Waals surface area (Å²) in [5.41, 5.74) is 6.08. The van der Waals surface area contributed by atoms with Crippen LogP contribution in [0.2, 0.25) is 0 Å². The van der Waals surface area contributed by atoms with E-state index in [0.717, 1.165) is 0 Å². The summed E-state index contributed by atoms with van der Waals surface area (Å²) >= 11 is 0. The molecule has 0 bridgehead atoms. The van der Waals surface area contributed by atoms with E-state index in [1.54, 1.807) is 29.2 Å². The summed E-state index contributed by atoms with van der Waals surface area (Å²) in [6.45, 7) is 3.04. The van der Waals surface area contributed by atoms with Crippen molar-refractivity contribution in [2.75, 3.05) is 13.1 Å². The van der Waals surface area contributed by atoms with Gasteiger partial charge in [0.1, 0.15) is 0 Å². The van der Waals surface area contributed by atoms with E-state index in [1.807, 2.05) is 6.92 Å². The molecule has 102 valence electrons. The van der Waals surface area contributed by atoms with Gasteiger partial charge < -0.3 is 15.7 Å². The molecule has 5 nitrogen and oxygen atoms in total. The minimum atomic E-state index is -0.506. The predicted molar refractivity (Wildman–Crippen MR) is 70.7 cm³/mol. The van der Waals surface area contributed by atoms with Crippen LogP contribution >= 0.6 is 0 Å². The maximum Gasteiger partial charge on any atom is 0.253 e. The molecule has 2 unspecified atom stereocenters. The number of nitrogens with two attached hydrogens (primary N) is 1. The molecule has 1 fully saturated rings. The minimum Gasteiger partial charge on any atom is -0.393 e. The Morgan fingerprint density at radius 2 is 1.84 bits per heavy atom. The van der Waals surface area contributed by atoms with Gasteiger partial charge in [-0.25, -0.2) is 0 Å². The zero-order valence-electron chi connectivity index (χ0n) is 10.9. The second-order valence-electron chi connectivity index (χ2n) is 5.03. The Kier molecular flexibility index (Phi) is 3.85. The smallest absolute Gasteiger partial charge is 0.253 e. The number of primary amides is 1. The van der Waals surface area contributed by atoms with E-state index < -0.39 is 5.91 Å². The average molecular weight is 262 g/mol. The van der Waals surface area contributed by atoms with Gasteiger partial charge in [0.05, 0.1) is 6.10 Å². The van der Waals surface area contributed by atoms with Gasteiger partial charge in [0.25, 0.3) is 5.91 Å². The molecule has 19 heavy (non-hydrogen) atoms. The molecule has 5 heteroatoms. The number of amides is 2. The van der Waals surface area contributed by atoms with Crippen molar-refractivity contribution in [2.45, 2.75) is 19.4 Å². The van der Waals surface area contributed by atoms with E-state index in [-0.39, 0.29) is 17.9 Å². The zero-order chi connectivity index (χ0) is 14.0. The normalized spacial score (nSPS) is 23.2. The highest BCUT2D eigenvalue weighted by Crippen LogP contribution is 2.18. The number of nitrogens with zero attached hydrogens (tertiary/aromatic N) is 1. The fourth-order valence-corrected chi connectivity index (χ4v) is 2.28. The second-order valence-corrected chi connectivity index (χ2v) is 5.03. The number of rotatable bonds is 2. The average Bonchev–Trinajstić information content (AvgIpc) is 2.41. The van der Waals surface area contributed by atoms with Gasteiger partial charge in [-0.2, -0.15) is 0 Å². The van der Waals surface area contributed by atoms with Crippen LogP contribution in [0.15, 0.2) is 24.3 Å². The van der Waals surface area contributed by atoms with E-state index in [1.165, 1.54) is 0 Å². The Balaban J connectivity index is 2.09. The number of hydrogen-bond donors (Lipinski definition) is 2. The van der Waals surface area contributed by atoms with Crippen molar-refractivity contribution in [3.8, 4) is 0 Å². The molecular formula is C14H18N2O3. The first kappa shape index (κ1) is 13.5. The van der Waals surface area contributed by atoms with Crippen LogP contribution in [0.25, 0.3) is 0 Å². The van der Waals surface area contributed by atoms with Crippen LogP contribution in [0.5, 0.6) is 0 Å². The van der Waals surface area contributed by atoms with Crippen LogP contribution in [0.3, 0.4) is 0 Å². The van der Waals surface area contributed by atoms with Gasteiger partial charge in [0, 0.05) is 24.2 Å². The molecule has 1 heterocycles. The number of hydrogen-bond acceptors (Lipinski definition) is 3. The molecule has 0 aromatic heterocycles. The van der Waals surface area contributed by atoms with Crippen molar-refractivity contribution in [2.24, 2.45) is 11.7 Å². The maximum atomic E-state index is 12.3. The molecule has 0 radical (unpaired) electrons. The van der Waals surface area contributed by atoms with Crippen molar-refractivity contribution >= 4 is 11.8 Å². The van der Waals surface area contributed by atoms with Crippen molar-refractivity contribution in [3.05, 3.63) is 35.4 Å². The van der Waals surface area contributed by atoms with E-state index in [0.29, 0.717) is 30.6 Å². The highest BCUT2D eigenvalue weighted by atomic mass is 16.3. The fourth-order valence-electron chi connectivity index (χ4n) is 2.28. The molecular weight excluding hydrogens is 244 g/mol. The summed E-state index contributed by atoms with van der Waals surface area (Å²) in [5.74, 6) is -0.494. The summed E-state index contributed by atoms with van der Waals surface area (Å²) in [5, 5.41) is 9.66. The van der Waals surface area contributed by atoms with E-state index in [9.17, 15) is 14.7 Å². The number of likely N-dealkylation sites (tertiary alicyclic amines) is 1. The third kappa shape index (κ3) is 2.93. The standard InChI is InChI=1S/C14H18N2O3/c1-9-8-16(7-6-12(9)17)14(19)11-4-2-10(3-5-11)13(15)18/h2-5,9,12,17H,6-8H2,1H3,(H2,15,18). The van der Waals surface area contributed by atoms with Gasteiger partial charge >= 0.3 is 0 Å². The third-order valence-corrected chi connectivity index (χ3v) is 3.56. The summed E-state index contributed by atoms with van der Waals surface area (Å²) in [7, 11) is 0. The maximum absolute atomic E-state index is 12.3. The van der Waals surface area contributed by atoms with Gasteiger partial charge in [-0.1, -0.05) is 6.92 Å². The highest BCUT2D eigenvalue weighted by Gasteiger charge is 2.27. The monoisotopic (exact) mass is 262 g/mol. The number of carbonyl (C=O) groups is 2.